The molecule has 0 N–H and O–H groups in total. The van der Waals surface area contributed by atoms with Crippen molar-refractivity contribution < 1.29 is 0 Å². The molecule has 0 spiro atoms. The van der Waals surface area contributed by atoms with Gasteiger partial charge in [-0.3, -0.25) is 0 Å². The Morgan fingerprint density at radius 1 is 1.33 bits per heavy atom. The first-order valence-electron chi connectivity index (χ1n) is 4.53. The summed E-state index contributed by atoms with van der Waals surface area (Å²) < 4.78 is 1.07. The van der Waals surface area contributed by atoms with Crippen LogP contribution in [0.5, 0.6) is 0 Å². The summed E-state index contributed by atoms with van der Waals surface area (Å²) in [5, 5.41) is 2.10. The molecule has 12 heavy (non-hydrogen) atoms. The molecule has 0 unspecified atom stereocenters. The zero-order valence-corrected chi connectivity index (χ0v) is 9.92. The maximum Gasteiger partial charge on any atom is 0.127 e. The topological polar surface area (TPSA) is 3.24 Å². The van der Waals surface area contributed by atoms with Gasteiger partial charge in [-0.05, 0) is 19.8 Å². The Morgan fingerprint density at radius 2 is 1.83 bits per heavy atom. The first-order chi connectivity index (χ1) is 5.76. The molecule has 0 rings (SSSR count). The van der Waals surface area contributed by atoms with Gasteiger partial charge in [0.25, 0.3) is 0 Å². The van der Waals surface area contributed by atoms with Crippen molar-refractivity contribution in [3.8, 4) is 0 Å². The minimum atomic E-state index is 1.07. The highest BCUT2D eigenvalue weighted by Gasteiger charge is 2.02. The lowest BCUT2D eigenvalue weighted by molar-refractivity contribution is 0.431. The zero-order chi connectivity index (χ0) is 9.40. The molecule has 0 fully saturated rings. The Kier molecular flexibility index (Phi) is 7.81. The summed E-state index contributed by atoms with van der Waals surface area (Å²) in [6, 6.07) is 0. The summed E-state index contributed by atoms with van der Waals surface area (Å²) in [6.07, 6.45) is 2.36. The van der Waals surface area contributed by atoms with E-state index in [0.717, 1.165) is 17.4 Å². The Balaban J connectivity index is 3.98. The van der Waals surface area contributed by atoms with Gasteiger partial charge in [0.15, 0.2) is 0 Å². The van der Waals surface area contributed by atoms with Crippen LogP contribution in [0, 0.1) is 0 Å². The van der Waals surface area contributed by atoms with Crippen LogP contribution in [0.15, 0.2) is 0 Å². The van der Waals surface area contributed by atoms with Crippen LogP contribution in [0.25, 0.3) is 0 Å². The molecule has 0 aliphatic carbocycles. The molecular formula is C9H19NS2. The van der Waals surface area contributed by atoms with Crippen molar-refractivity contribution >= 4 is 33.3 Å². The molecule has 1 nitrogen and oxygen atoms in total. The summed E-state index contributed by atoms with van der Waals surface area (Å²) in [5.41, 5.74) is 0. The van der Waals surface area contributed by atoms with Crippen LogP contribution in [0.3, 0.4) is 0 Å². The van der Waals surface area contributed by atoms with E-state index in [-0.39, 0.29) is 0 Å². The van der Waals surface area contributed by atoms with Crippen LogP contribution in [0.2, 0.25) is 0 Å². The lowest BCUT2D eigenvalue weighted by Gasteiger charge is -2.21. The van der Waals surface area contributed by atoms with E-state index in [4.69, 9.17) is 12.2 Å². The van der Waals surface area contributed by atoms with Gasteiger partial charge in [-0.2, -0.15) is 0 Å². The average Bonchev–Trinajstić information content (AvgIpc) is 2.04. The lowest BCUT2D eigenvalue weighted by Crippen LogP contribution is -2.28. The number of thiol groups is 1. The predicted octanol–water partition coefficient (Wildman–Crippen LogP) is 2.68. The van der Waals surface area contributed by atoms with Crippen molar-refractivity contribution in [2.75, 3.05) is 13.1 Å². The normalized spacial score (nSPS) is 11.2. The van der Waals surface area contributed by atoms with Crippen molar-refractivity contribution in [3.63, 3.8) is 0 Å². The van der Waals surface area contributed by atoms with Gasteiger partial charge in [0.05, 0.1) is 0 Å². The van der Waals surface area contributed by atoms with Crippen LogP contribution < -0.4 is 0 Å². The molecule has 0 aromatic rings. The molecule has 0 aliphatic rings. The van der Waals surface area contributed by atoms with Gasteiger partial charge in [0, 0.05) is 13.1 Å². The monoisotopic (exact) mass is 205 g/mol. The van der Waals surface area contributed by atoms with Gasteiger partial charge in [-0.1, -0.05) is 31.4 Å². The molecule has 0 heterocycles. The third-order valence-electron chi connectivity index (χ3n) is 1.50. The molecule has 0 saturated heterocycles. The van der Waals surface area contributed by atoms with E-state index in [0.29, 0.717) is 0 Å². The minimum absolute atomic E-state index is 1.07. The number of rotatable bonds is 4. The van der Waals surface area contributed by atoms with Crippen LogP contribution in [0.1, 0.15) is 33.6 Å². The van der Waals surface area contributed by atoms with Crippen molar-refractivity contribution in [1.82, 2.24) is 4.90 Å². The first kappa shape index (κ1) is 12.1. The second-order valence-electron chi connectivity index (χ2n) is 2.66. The second-order valence-corrected chi connectivity index (χ2v) is 4.54. The van der Waals surface area contributed by atoms with E-state index in [2.05, 4.69) is 24.1 Å². The maximum absolute atomic E-state index is 5.29. The largest absolute Gasteiger partial charge is 0.358 e. The maximum atomic E-state index is 5.29. The fourth-order valence-corrected chi connectivity index (χ4v) is 2.12. The van der Waals surface area contributed by atoms with Crippen LogP contribution in [0.4, 0.5) is 0 Å². The molecular weight excluding hydrogens is 186 g/mol. The van der Waals surface area contributed by atoms with E-state index >= 15 is 0 Å². The Hall–Kier alpha value is 0.110. The van der Waals surface area contributed by atoms with Crippen molar-refractivity contribution in [2.24, 2.45) is 0 Å². The van der Waals surface area contributed by atoms with Crippen LogP contribution >= 0.6 is 23.6 Å². The van der Waals surface area contributed by atoms with E-state index in [1.54, 1.807) is 0 Å². The van der Waals surface area contributed by atoms with Crippen LogP contribution in [-0.4, -0.2) is 27.7 Å². The summed E-state index contributed by atoms with van der Waals surface area (Å²) in [6.45, 7) is 8.64. The molecule has 0 bridgehead atoms. The smallest absolute Gasteiger partial charge is 0.127 e. The van der Waals surface area contributed by atoms with Gasteiger partial charge in [-0.25, -0.2) is 0 Å². The highest BCUT2D eigenvalue weighted by Crippen LogP contribution is 2.03. The van der Waals surface area contributed by atoms with Gasteiger partial charge in [0.1, 0.15) is 4.32 Å². The van der Waals surface area contributed by atoms with Crippen molar-refractivity contribution in [1.29, 1.82) is 0 Å². The number of hydrogen-bond donors (Lipinski definition) is 1. The van der Waals surface area contributed by atoms with E-state index < -0.39 is 0 Å². The standard InChI is InChI=1S/C9H19NS2/c1-4-7-10(8-5-2)9(11)12-6-3/h6,12H,4-5,7-8H2,1-3H3. The summed E-state index contributed by atoms with van der Waals surface area (Å²) in [7, 11) is 0. The molecule has 0 saturated carbocycles. The van der Waals surface area contributed by atoms with E-state index in [9.17, 15) is 0 Å². The minimum Gasteiger partial charge on any atom is -0.358 e. The Morgan fingerprint density at radius 3 is 2.17 bits per heavy atom. The Labute approximate surface area is 85.1 Å². The van der Waals surface area contributed by atoms with Gasteiger partial charge >= 0.3 is 0 Å². The number of nitrogens with zero attached hydrogens (tertiary/aromatic N) is 1. The van der Waals surface area contributed by atoms with Crippen molar-refractivity contribution in [2.45, 2.75) is 33.6 Å². The summed E-state index contributed by atoms with van der Waals surface area (Å²) in [4.78, 5) is 2.30. The van der Waals surface area contributed by atoms with E-state index in [1.165, 1.54) is 24.2 Å². The summed E-state index contributed by atoms with van der Waals surface area (Å²) in [5.74, 6) is 0. The summed E-state index contributed by atoms with van der Waals surface area (Å²) >= 11 is 6.47. The third kappa shape index (κ3) is 4.88. The first-order valence-corrected chi connectivity index (χ1v) is 5.91. The van der Waals surface area contributed by atoms with Gasteiger partial charge in [-0.15, -0.1) is 11.4 Å². The van der Waals surface area contributed by atoms with Crippen LogP contribution in [-0.2, 0) is 0 Å². The second kappa shape index (κ2) is 7.74. The molecule has 3 heteroatoms. The molecule has 0 aromatic carbocycles. The number of hydrogen-bond acceptors (Lipinski definition) is 1. The molecule has 0 atom stereocenters. The van der Waals surface area contributed by atoms with Crippen molar-refractivity contribution in [3.05, 3.63) is 0 Å². The SMILES string of the molecule is CC=[SH]C(=S)N(CCC)CCC. The van der Waals surface area contributed by atoms with Gasteiger partial charge < -0.3 is 4.90 Å². The molecule has 0 aromatic heterocycles. The highest BCUT2D eigenvalue weighted by atomic mass is 32.2. The van der Waals surface area contributed by atoms with E-state index in [1.807, 2.05) is 6.92 Å². The average molecular weight is 205 g/mol. The fraction of sp³-hybridized carbons (Fsp3) is 0.778. The lowest BCUT2D eigenvalue weighted by atomic mass is 10.4. The molecule has 0 aliphatic heterocycles. The zero-order valence-electron chi connectivity index (χ0n) is 8.21. The molecule has 72 valence electrons. The Bertz CT molecular complexity index is 149. The fourth-order valence-electron chi connectivity index (χ4n) is 1.04. The molecule has 0 amide bonds. The highest BCUT2D eigenvalue weighted by molar-refractivity contribution is 8.21. The predicted molar refractivity (Wildman–Crippen MR) is 65.5 cm³/mol. The number of thiocarbonyl (C=S) groups is 1. The van der Waals surface area contributed by atoms with Gasteiger partial charge in [0.2, 0.25) is 0 Å². The quantitative estimate of drug-likeness (QED) is 0.555. The third-order valence-corrected chi connectivity index (χ3v) is 2.83. The molecule has 0 radical (unpaired) electrons.